The van der Waals surface area contributed by atoms with Gasteiger partial charge in [-0.05, 0) is 54.3 Å². The van der Waals surface area contributed by atoms with E-state index in [0.717, 1.165) is 41.1 Å². The molecule has 0 saturated carbocycles. The van der Waals surface area contributed by atoms with Crippen molar-refractivity contribution in [2.24, 2.45) is 0 Å². The second kappa shape index (κ2) is 5.74. The van der Waals surface area contributed by atoms with Gasteiger partial charge in [0, 0.05) is 17.4 Å². The van der Waals surface area contributed by atoms with Gasteiger partial charge < -0.3 is 4.74 Å². The molecule has 0 unspecified atom stereocenters. The molecule has 1 aromatic heterocycles. The number of rotatable bonds is 3. The Morgan fingerprint density at radius 3 is 2.52 bits per heavy atom. The minimum Gasteiger partial charge on any atom is -0.497 e. The van der Waals surface area contributed by atoms with Gasteiger partial charge in [-0.15, -0.1) is 0 Å². The zero-order chi connectivity index (χ0) is 17.6. The van der Waals surface area contributed by atoms with Gasteiger partial charge in [-0.25, -0.2) is 8.42 Å². The number of aromatic nitrogens is 2. The SMILES string of the molecule is COc1ccc2c(c1)CCc1c-2n[nH]c1-c1ccc(S(C)(=O)=O)cc1. The lowest BCUT2D eigenvalue weighted by molar-refractivity contribution is 0.414. The molecule has 0 bridgehead atoms. The maximum Gasteiger partial charge on any atom is 0.175 e. The third-order valence-electron chi connectivity index (χ3n) is 4.65. The van der Waals surface area contributed by atoms with Crippen molar-refractivity contribution < 1.29 is 13.2 Å². The van der Waals surface area contributed by atoms with Crippen LogP contribution < -0.4 is 4.74 Å². The van der Waals surface area contributed by atoms with Gasteiger partial charge >= 0.3 is 0 Å². The third kappa shape index (κ3) is 2.72. The lowest BCUT2D eigenvalue weighted by Gasteiger charge is -2.17. The smallest absolute Gasteiger partial charge is 0.175 e. The Balaban J connectivity index is 1.77. The molecular formula is C19H18N2O3S. The maximum atomic E-state index is 11.6. The molecule has 1 N–H and O–H groups in total. The van der Waals surface area contributed by atoms with E-state index in [0.29, 0.717) is 4.90 Å². The number of fused-ring (bicyclic) bond motifs is 3. The second-order valence-corrected chi connectivity index (χ2v) is 8.26. The fraction of sp³-hybridized carbons (Fsp3) is 0.211. The lowest BCUT2D eigenvalue weighted by Crippen LogP contribution is -2.04. The van der Waals surface area contributed by atoms with Gasteiger partial charge in [-0.2, -0.15) is 5.10 Å². The average Bonchev–Trinajstić information content (AvgIpc) is 3.05. The highest BCUT2D eigenvalue weighted by molar-refractivity contribution is 7.90. The Morgan fingerprint density at radius 2 is 1.84 bits per heavy atom. The summed E-state index contributed by atoms with van der Waals surface area (Å²) >= 11 is 0. The molecule has 6 heteroatoms. The Hall–Kier alpha value is -2.60. The monoisotopic (exact) mass is 354 g/mol. The molecule has 0 radical (unpaired) electrons. The van der Waals surface area contributed by atoms with Gasteiger partial charge in [0.15, 0.2) is 9.84 Å². The van der Waals surface area contributed by atoms with Crippen molar-refractivity contribution in [1.82, 2.24) is 10.2 Å². The maximum absolute atomic E-state index is 11.6. The van der Waals surface area contributed by atoms with Gasteiger partial charge in [0.1, 0.15) is 5.75 Å². The van der Waals surface area contributed by atoms with Crippen molar-refractivity contribution >= 4 is 9.84 Å². The van der Waals surface area contributed by atoms with Gasteiger partial charge in [0.25, 0.3) is 0 Å². The van der Waals surface area contributed by atoms with Crippen LogP contribution in [0.25, 0.3) is 22.5 Å². The number of methoxy groups -OCH3 is 1. The first-order valence-corrected chi connectivity index (χ1v) is 9.91. The lowest BCUT2D eigenvalue weighted by atomic mass is 9.88. The van der Waals surface area contributed by atoms with Crippen LogP contribution in [0.1, 0.15) is 11.1 Å². The van der Waals surface area contributed by atoms with Crippen LogP contribution in [-0.4, -0.2) is 32.0 Å². The Labute approximate surface area is 146 Å². The van der Waals surface area contributed by atoms with Crippen LogP contribution in [-0.2, 0) is 22.7 Å². The van der Waals surface area contributed by atoms with E-state index in [-0.39, 0.29) is 0 Å². The zero-order valence-corrected chi connectivity index (χ0v) is 14.9. The molecule has 25 heavy (non-hydrogen) atoms. The van der Waals surface area contributed by atoms with Crippen LogP contribution in [0.2, 0.25) is 0 Å². The minimum absolute atomic E-state index is 0.321. The molecule has 1 heterocycles. The van der Waals surface area contributed by atoms with Crippen LogP contribution >= 0.6 is 0 Å². The fourth-order valence-corrected chi connectivity index (χ4v) is 3.96. The number of nitrogens with zero attached hydrogens (tertiary/aromatic N) is 1. The number of aryl methyl sites for hydroxylation is 1. The fourth-order valence-electron chi connectivity index (χ4n) is 3.33. The van der Waals surface area contributed by atoms with Crippen molar-refractivity contribution in [2.45, 2.75) is 17.7 Å². The van der Waals surface area contributed by atoms with Crippen LogP contribution in [0.4, 0.5) is 0 Å². The molecule has 4 rings (SSSR count). The van der Waals surface area contributed by atoms with Crippen LogP contribution in [0.5, 0.6) is 5.75 Å². The molecule has 0 spiro atoms. The van der Waals surface area contributed by atoms with E-state index in [1.807, 2.05) is 24.3 Å². The number of H-pyrrole nitrogens is 1. The number of hydrogen-bond donors (Lipinski definition) is 1. The van der Waals surface area contributed by atoms with Crippen molar-refractivity contribution in [3.63, 3.8) is 0 Å². The summed E-state index contributed by atoms with van der Waals surface area (Å²) in [6.45, 7) is 0. The molecule has 0 fully saturated rings. The highest BCUT2D eigenvalue weighted by atomic mass is 32.2. The van der Waals surface area contributed by atoms with E-state index in [2.05, 4.69) is 16.3 Å². The number of ether oxygens (including phenoxy) is 1. The van der Waals surface area contributed by atoms with Gasteiger partial charge in [0.2, 0.25) is 0 Å². The number of nitrogens with one attached hydrogen (secondary N) is 1. The first kappa shape index (κ1) is 15.9. The van der Waals surface area contributed by atoms with Crippen LogP contribution in [0.15, 0.2) is 47.4 Å². The van der Waals surface area contributed by atoms with E-state index >= 15 is 0 Å². The van der Waals surface area contributed by atoms with Gasteiger partial charge in [-0.1, -0.05) is 12.1 Å². The van der Waals surface area contributed by atoms with Gasteiger partial charge in [-0.3, -0.25) is 5.10 Å². The highest BCUT2D eigenvalue weighted by Gasteiger charge is 2.23. The number of benzene rings is 2. The Bertz CT molecular complexity index is 1050. The quantitative estimate of drug-likeness (QED) is 0.784. The summed E-state index contributed by atoms with van der Waals surface area (Å²) < 4.78 is 28.5. The first-order valence-electron chi connectivity index (χ1n) is 8.02. The predicted molar refractivity (Wildman–Crippen MR) is 96.5 cm³/mol. The molecule has 2 aromatic carbocycles. The molecular weight excluding hydrogens is 336 g/mol. The van der Waals surface area contributed by atoms with Gasteiger partial charge in [0.05, 0.1) is 23.4 Å². The summed E-state index contributed by atoms with van der Waals surface area (Å²) in [7, 11) is -1.52. The summed E-state index contributed by atoms with van der Waals surface area (Å²) in [5.41, 5.74) is 6.39. The molecule has 0 amide bonds. The third-order valence-corrected chi connectivity index (χ3v) is 5.78. The van der Waals surface area contributed by atoms with E-state index in [1.165, 1.54) is 17.4 Å². The minimum atomic E-state index is -3.19. The first-order chi connectivity index (χ1) is 12.0. The molecule has 1 aliphatic rings. The second-order valence-electron chi connectivity index (χ2n) is 6.25. The number of aromatic amines is 1. The van der Waals surface area contributed by atoms with E-state index in [4.69, 9.17) is 4.74 Å². The molecule has 0 aliphatic heterocycles. The van der Waals surface area contributed by atoms with E-state index in [9.17, 15) is 8.42 Å². The summed E-state index contributed by atoms with van der Waals surface area (Å²) in [5.74, 6) is 0.856. The molecule has 3 aromatic rings. The molecule has 5 nitrogen and oxygen atoms in total. The molecule has 128 valence electrons. The Morgan fingerprint density at radius 1 is 1.08 bits per heavy atom. The van der Waals surface area contributed by atoms with Crippen molar-refractivity contribution in [2.75, 3.05) is 13.4 Å². The van der Waals surface area contributed by atoms with E-state index in [1.54, 1.807) is 19.2 Å². The normalized spacial score (nSPS) is 13.2. The predicted octanol–water partition coefficient (Wildman–Crippen LogP) is 3.25. The Kier molecular flexibility index (Phi) is 3.65. The zero-order valence-electron chi connectivity index (χ0n) is 14.0. The summed E-state index contributed by atoms with van der Waals surface area (Å²) in [4.78, 5) is 0.321. The molecule has 0 atom stereocenters. The number of sulfone groups is 1. The summed E-state index contributed by atoms with van der Waals surface area (Å²) in [6.07, 6.45) is 3.02. The largest absolute Gasteiger partial charge is 0.497 e. The highest BCUT2D eigenvalue weighted by Crippen LogP contribution is 2.38. The van der Waals surface area contributed by atoms with E-state index < -0.39 is 9.84 Å². The average molecular weight is 354 g/mol. The van der Waals surface area contributed by atoms with Crippen LogP contribution in [0.3, 0.4) is 0 Å². The van der Waals surface area contributed by atoms with Crippen LogP contribution in [0, 0.1) is 0 Å². The van der Waals surface area contributed by atoms with Crippen molar-refractivity contribution in [1.29, 1.82) is 0 Å². The topological polar surface area (TPSA) is 72.0 Å². The standard InChI is InChI=1S/C19H18N2O3S/c1-24-14-6-10-16-13(11-14)5-9-17-18(20-21-19(16)17)12-3-7-15(8-4-12)25(2,22)23/h3-4,6-8,10-11H,5,9H2,1-2H3,(H,20,21). The summed E-state index contributed by atoms with van der Waals surface area (Å²) in [5, 5.41) is 7.65. The summed E-state index contributed by atoms with van der Waals surface area (Å²) in [6, 6.07) is 13.0. The molecule has 0 saturated heterocycles. The number of hydrogen-bond acceptors (Lipinski definition) is 4. The van der Waals surface area contributed by atoms with Crippen molar-refractivity contribution in [3.05, 3.63) is 53.6 Å². The van der Waals surface area contributed by atoms with Crippen molar-refractivity contribution in [3.8, 4) is 28.3 Å². The molecule has 1 aliphatic carbocycles.